The summed E-state index contributed by atoms with van der Waals surface area (Å²) in [7, 11) is 0. The summed E-state index contributed by atoms with van der Waals surface area (Å²) < 4.78 is 4.93. The maximum atomic E-state index is 11.2. The number of nitrogens with one attached hydrogen (secondary N) is 1. The smallest absolute Gasteiger partial charge is 0.407 e. The Bertz CT molecular complexity index is 169. The molecule has 0 aliphatic heterocycles. The minimum atomic E-state index is -0.406. The minimum absolute atomic E-state index is 0.0578. The summed E-state index contributed by atoms with van der Waals surface area (Å²) in [5.41, 5.74) is -0.405. The van der Waals surface area contributed by atoms with E-state index in [9.17, 15) is 4.79 Å². The molecule has 4 nitrogen and oxygen atoms in total. The Morgan fingerprint density at radius 3 is 2.64 bits per heavy atom. The van der Waals surface area contributed by atoms with E-state index < -0.39 is 11.6 Å². The molecule has 0 spiro atoms. The number of ether oxygens (including phenoxy) is 1. The quantitative estimate of drug-likeness (QED) is 0.646. The topological polar surface area (TPSA) is 58.6 Å². The Labute approximate surface area is 85.6 Å². The highest BCUT2D eigenvalue weighted by molar-refractivity contribution is 5.68. The van der Waals surface area contributed by atoms with Crippen LogP contribution in [0.4, 0.5) is 4.79 Å². The zero-order chi connectivity index (χ0) is 11.0. The van der Waals surface area contributed by atoms with Gasteiger partial charge < -0.3 is 15.2 Å². The first kappa shape index (κ1) is 13.2. The molecule has 2 N–H and O–H groups in total. The van der Waals surface area contributed by atoms with E-state index in [-0.39, 0.29) is 6.61 Å². The van der Waals surface area contributed by atoms with E-state index in [0.29, 0.717) is 13.0 Å². The van der Waals surface area contributed by atoms with Crippen molar-refractivity contribution in [2.24, 2.45) is 0 Å². The van der Waals surface area contributed by atoms with Gasteiger partial charge in [0.15, 0.2) is 0 Å². The van der Waals surface area contributed by atoms with Gasteiger partial charge in [0.05, 0.1) is 6.61 Å². The molecule has 0 atom stereocenters. The highest BCUT2D eigenvalue weighted by atomic mass is 16.5. The van der Waals surface area contributed by atoms with Crippen LogP contribution in [0.2, 0.25) is 0 Å². The van der Waals surface area contributed by atoms with Gasteiger partial charge in [0.2, 0.25) is 0 Å². The van der Waals surface area contributed by atoms with Crippen molar-refractivity contribution in [1.82, 2.24) is 5.32 Å². The second kappa shape index (κ2) is 6.65. The van der Waals surface area contributed by atoms with Crippen molar-refractivity contribution >= 4 is 6.09 Å². The summed E-state index contributed by atoms with van der Waals surface area (Å²) in [6.45, 7) is 6.26. The van der Waals surface area contributed by atoms with Crippen molar-refractivity contribution < 1.29 is 14.6 Å². The molecule has 0 unspecified atom stereocenters. The number of hydrogen-bond donors (Lipinski definition) is 2. The lowest BCUT2D eigenvalue weighted by Gasteiger charge is -2.24. The van der Waals surface area contributed by atoms with Crippen LogP contribution in [0.15, 0.2) is 0 Å². The number of alkyl carbamates (subject to hydrolysis) is 1. The van der Waals surface area contributed by atoms with E-state index in [0.717, 1.165) is 12.8 Å². The molecular weight excluding hydrogens is 182 g/mol. The van der Waals surface area contributed by atoms with Crippen LogP contribution in [0, 0.1) is 0 Å². The second-order valence-electron chi connectivity index (χ2n) is 3.97. The molecule has 0 aromatic rings. The fraction of sp³-hybridized carbons (Fsp3) is 0.900. The van der Waals surface area contributed by atoms with Crippen LogP contribution < -0.4 is 5.32 Å². The van der Waals surface area contributed by atoms with Gasteiger partial charge in [-0.15, -0.1) is 0 Å². The van der Waals surface area contributed by atoms with Crippen LogP contribution in [0.5, 0.6) is 0 Å². The summed E-state index contributed by atoms with van der Waals surface area (Å²) in [4.78, 5) is 11.2. The summed E-state index contributed by atoms with van der Waals surface area (Å²) in [5, 5.41) is 11.4. The van der Waals surface area contributed by atoms with Gasteiger partial charge in [0.25, 0.3) is 0 Å². The third kappa shape index (κ3) is 6.71. The van der Waals surface area contributed by atoms with E-state index in [4.69, 9.17) is 9.84 Å². The van der Waals surface area contributed by atoms with Gasteiger partial charge in [-0.05, 0) is 26.7 Å². The van der Waals surface area contributed by atoms with E-state index in [1.54, 1.807) is 0 Å². The molecule has 0 aliphatic rings. The fourth-order valence-electron chi connectivity index (χ4n) is 0.964. The van der Waals surface area contributed by atoms with Crippen molar-refractivity contribution in [2.45, 2.75) is 45.6 Å². The number of unbranched alkanes of at least 4 members (excludes halogenated alkanes) is 1. The molecule has 0 aromatic carbocycles. The molecule has 0 rings (SSSR count). The largest absolute Gasteiger partial charge is 0.450 e. The number of amides is 1. The maximum Gasteiger partial charge on any atom is 0.407 e. The summed E-state index contributed by atoms with van der Waals surface area (Å²) in [6.07, 6.45) is 2.01. The monoisotopic (exact) mass is 203 g/mol. The third-order valence-corrected chi connectivity index (χ3v) is 1.91. The van der Waals surface area contributed by atoms with Gasteiger partial charge in [-0.2, -0.15) is 0 Å². The first-order valence-electron chi connectivity index (χ1n) is 5.07. The van der Waals surface area contributed by atoms with Crippen LogP contribution in [0.25, 0.3) is 0 Å². The van der Waals surface area contributed by atoms with Gasteiger partial charge in [0.1, 0.15) is 0 Å². The molecule has 4 heteroatoms. The number of hydrogen-bond acceptors (Lipinski definition) is 3. The van der Waals surface area contributed by atoms with Crippen LogP contribution >= 0.6 is 0 Å². The minimum Gasteiger partial charge on any atom is -0.450 e. The fourth-order valence-corrected chi connectivity index (χ4v) is 0.964. The first-order chi connectivity index (χ1) is 6.52. The lowest BCUT2D eigenvalue weighted by atomic mass is 10.0. The molecule has 0 saturated carbocycles. The van der Waals surface area contributed by atoms with E-state index in [2.05, 4.69) is 5.32 Å². The zero-order valence-corrected chi connectivity index (χ0v) is 9.30. The molecule has 84 valence electrons. The normalized spacial score (nSPS) is 11.1. The Morgan fingerprint density at radius 2 is 2.14 bits per heavy atom. The molecule has 14 heavy (non-hydrogen) atoms. The van der Waals surface area contributed by atoms with E-state index in [1.165, 1.54) is 0 Å². The lowest BCUT2D eigenvalue weighted by Crippen LogP contribution is -2.44. The average Bonchev–Trinajstić information content (AvgIpc) is 2.03. The summed E-state index contributed by atoms with van der Waals surface area (Å²) in [5.74, 6) is 0. The van der Waals surface area contributed by atoms with Crippen molar-refractivity contribution in [2.75, 3.05) is 13.2 Å². The average molecular weight is 203 g/mol. The zero-order valence-electron chi connectivity index (χ0n) is 9.30. The number of aliphatic hydroxyl groups is 1. The molecular formula is C10H21NO3. The molecule has 0 fully saturated rings. The van der Waals surface area contributed by atoms with E-state index >= 15 is 0 Å². The molecule has 0 aliphatic carbocycles. The van der Waals surface area contributed by atoms with Crippen LogP contribution in [0.1, 0.15) is 40.0 Å². The predicted molar refractivity (Wildman–Crippen MR) is 55.2 cm³/mol. The van der Waals surface area contributed by atoms with Crippen molar-refractivity contribution in [1.29, 1.82) is 0 Å². The number of carbonyl (C=O) groups is 1. The van der Waals surface area contributed by atoms with Crippen LogP contribution in [0.3, 0.4) is 0 Å². The standard InChI is InChI=1S/C10H21NO3/c1-4-5-8-14-9(13)11-10(2,3)6-7-12/h12H,4-8H2,1-3H3,(H,11,13). The number of rotatable bonds is 6. The predicted octanol–water partition coefficient (Wildman–Crippen LogP) is 1.67. The van der Waals surface area contributed by atoms with Gasteiger partial charge >= 0.3 is 6.09 Å². The summed E-state index contributed by atoms with van der Waals surface area (Å²) >= 11 is 0. The molecule has 0 bridgehead atoms. The Balaban J connectivity index is 3.69. The SMILES string of the molecule is CCCCOC(=O)NC(C)(C)CCO. The van der Waals surface area contributed by atoms with Crippen molar-refractivity contribution in [3.05, 3.63) is 0 Å². The van der Waals surface area contributed by atoms with Gasteiger partial charge in [-0.3, -0.25) is 0 Å². The molecule has 0 heterocycles. The highest BCUT2D eigenvalue weighted by Crippen LogP contribution is 2.07. The number of aliphatic hydroxyl groups excluding tert-OH is 1. The van der Waals surface area contributed by atoms with E-state index in [1.807, 2.05) is 20.8 Å². The van der Waals surface area contributed by atoms with Crippen molar-refractivity contribution in [3.8, 4) is 0 Å². The van der Waals surface area contributed by atoms with Gasteiger partial charge in [-0.1, -0.05) is 13.3 Å². The third-order valence-electron chi connectivity index (χ3n) is 1.91. The second-order valence-corrected chi connectivity index (χ2v) is 3.97. The molecule has 0 aromatic heterocycles. The Kier molecular flexibility index (Phi) is 6.28. The highest BCUT2D eigenvalue weighted by Gasteiger charge is 2.20. The molecule has 0 radical (unpaired) electrons. The van der Waals surface area contributed by atoms with Crippen LogP contribution in [-0.4, -0.2) is 30.0 Å². The van der Waals surface area contributed by atoms with Crippen molar-refractivity contribution in [3.63, 3.8) is 0 Å². The van der Waals surface area contributed by atoms with Gasteiger partial charge in [0, 0.05) is 12.1 Å². The first-order valence-corrected chi connectivity index (χ1v) is 5.07. The number of carbonyl (C=O) groups excluding carboxylic acids is 1. The Hall–Kier alpha value is -0.770. The summed E-state index contributed by atoms with van der Waals surface area (Å²) in [6, 6.07) is 0. The molecule has 1 amide bonds. The van der Waals surface area contributed by atoms with Gasteiger partial charge in [-0.25, -0.2) is 4.79 Å². The Morgan fingerprint density at radius 1 is 1.50 bits per heavy atom. The van der Waals surface area contributed by atoms with Crippen LogP contribution in [-0.2, 0) is 4.74 Å². The molecule has 0 saturated heterocycles. The maximum absolute atomic E-state index is 11.2. The lowest BCUT2D eigenvalue weighted by molar-refractivity contribution is 0.129.